The van der Waals surface area contributed by atoms with Gasteiger partial charge in [-0.2, -0.15) is 5.26 Å². The van der Waals surface area contributed by atoms with E-state index >= 15 is 0 Å². The molecular weight excluding hydrogens is 218 g/mol. The average molecular weight is 227 g/mol. The minimum atomic E-state index is -0.482. The molecule has 0 spiro atoms. The average Bonchev–Trinajstić information content (AvgIpc) is 2.87. The fraction of sp³-hybridized carbons (Fsp3) is 0. The lowest BCUT2D eigenvalue weighted by atomic mass is 10.1. The largest absolute Gasteiger partial charge is 0.451 e. The molecule has 2 aromatic rings. The Hall–Kier alpha value is -2.58. The van der Waals surface area contributed by atoms with Gasteiger partial charge in [-0.25, -0.2) is 5.84 Å². The summed E-state index contributed by atoms with van der Waals surface area (Å²) in [6.45, 7) is 0. The van der Waals surface area contributed by atoms with Crippen LogP contribution in [0.5, 0.6) is 0 Å². The van der Waals surface area contributed by atoms with Gasteiger partial charge < -0.3 is 4.42 Å². The maximum Gasteiger partial charge on any atom is 0.300 e. The van der Waals surface area contributed by atoms with Gasteiger partial charge in [0.15, 0.2) is 5.76 Å². The van der Waals surface area contributed by atoms with Gasteiger partial charge in [-0.3, -0.25) is 10.2 Å². The SMILES string of the molecule is N#Cc1ccc(-c2ccc(C(=O)NN)o2)cc1. The van der Waals surface area contributed by atoms with Crippen LogP contribution >= 0.6 is 0 Å². The summed E-state index contributed by atoms with van der Waals surface area (Å²) >= 11 is 0. The van der Waals surface area contributed by atoms with Gasteiger partial charge in [0.05, 0.1) is 11.6 Å². The normalized spacial score (nSPS) is 9.65. The second-order valence-corrected chi connectivity index (χ2v) is 3.33. The van der Waals surface area contributed by atoms with E-state index in [0.29, 0.717) is 11.3 Å². The van der Waals surface area contributed by atoms with Crippen molar-refractivity contribution in [1.29, 1.82) is 5.26 Å². The van der Waals surface area contributed by atoms with Gasteiger partial charge in [0, 0.05) is 5.56 Å². The fourth-order valence-corrected chi connectivity index (χ4v) is 1.40. The van der Waals surface area contributed by atoms with E-state index in [9.17, 15) is 4.79 Å². The molecule has 3 N–H and O–H groups in total. The second-order valence-electron chi connectivity index (χ2n) is 3.33. The van der Waals surface area contributed by atoms with E-state index in [1.807, 2.05) is 11.5 Å². The van der Waals surface area contributed by atoms with Crippen LogP contribution in [0.4, 0.5) is 0 Å². The van der Waals surface area contributed by atoms with Crippen LogP contribution in [0.25, 0.3) is 11.3 Å². The highest BCUT2D eigenvalue weighted by atomic mass is 16.4. The molecular formula is C12H9N3O2. The Bertz CT molecular complexity index is 579. The van der Waals surface area contributed by atoms with E-state index in [0.717, 1.165) is 5.56 Å². The standard InChI is InChI=1S/C12H9N3O2/c13-7-8-1-3-9(4-2-8)10-5-6-11(17-10)12(16)15-14/h1-6H,14H2,(H,15,16). The second kappa shape index (κ2) is 4.51. The van der Waals surface area contributed by atoms with E-state index in [2.05, 4.69) is 0 Å². The van der Waals surface area contributed by atoms with Crippen molar-refractivity contribution < 1.29 is 9.21 Å². The Morgan fingerprint density at radius 1 is 1.24 bits per heavy atom. The summed E-state index contributed by atoms with van der Waals surface area (Å²) in [5, 5.41) is 8.67. The molecule has 0 atom stereocenters. The van der Waals surface area contributed by atoms with Crippen LogP contribution in [0.2, 0.25) is 0 Å². The first-order valence-corrected chi connectivity index (χ1v) is 4.86. The molecule has 84 valence electrons. The predicted octanol–water partition coefficient (Wildman–Crippen LogP) is 1.42. The number of nitrogen functional groups attached to an aromatic ring is 1. The summed E-state index contributed by atoms with van der Waals surface area (Å²) in [4.78, 5) is 11.2. The van der Waals surface area contributed by atoms with E-state index < -0.39 is 5.91 Å². The highest BCUT2D eigenvalue weighted by Gasteiger charge is 2.10. The summed E-state index contributed by atoms with van der Waals surface area (Å²) < 4.78 is 5.32. The molecule has 0 saturated heterocycles. The molecule has 1 aromatic carbocycles. The maximum atomic E-state index is 11.2. The minimum Gasteiger partial charge on any atom is -0.451 e. The first-order chi connectivity index (χ1) is 8.24. The van der Waals surface area contributed by atoms with Crippen LogP contribution < -0.4 is 11.3 Å². The number of nitriles is 1. The predicted molar refractivity (Wildman–Crippen MR) is 60.5 cm³/mol. The van der Waals surface area contributed by atoms with Gasteiger partial charge in [0.1, 0.15) is 5.76 Å². The zero-order valence-electron chi connectivity index (χ0n) is 8.81. The van der Waals surface area contributed by atoms with Gasteiger partial charge in [-0.1, -0.05) is 0 Å². The van der Waals surface area contributed by atoms with Crippen molar-refractivity contribution in [2.24, 2.45) is 5.84 Å². The van der Waals surface area contributed by atoms with Gasteiger partial charge in [0.25, 0.3) is 0 Å². The molecule has 5 heteroatoms. The zero-order valence-corrected chi connectivity index (χ0v) is 8.81. The van der Waals surface area contributed by atoms with Crippen molar-refractivity contribution >= 4 is 5.91 Å². The Labute approximate surface area is 97.4 Å². The number of amides is 1. The van der Waals surface area contributed by atoms with Crippen LogP contribution in [0, 0.1) is 11.3 Å². The van der Waals surface area contributed by atoms with Gasteiger partial charge in [-0.05, 0) is 36.4 Å². The monoisotopic (exact) mass is 227 g/mol. The first kappa shape index (κ1) is 10.9. The van der Waals surface area contributed by atoms with Crippen LogP contribution in [0.1, 0.15) is 16.1 Å². The number of nitrogens with one attached hydrogen (secondary N) is 1. The van der Waals surface area contributed by atoms with Crippen molar-refractivity contribution in [2.75, 3.05) is 0 Å². The smallest absolute Gasteiger partial charge is 0.300 e. The Balaban J connectivity index is 2.31. The van der Waals surface area contributed by atoms with E-state index in [4.69, 9.17) is 15.5 Å². The molecule has 17 heavy (non-hydrogen) atoms. The molecule has 0 aliphatic carbocycles. The minimum absolute atomic E-state index is 0.145. The lowest BCUT2D eigenvalue weighted by Crippen LogP contribution is -2.29. The summed E-state index contributed by atoms with van der Waals surface area (Å²) in [6, 6.07) is 12.1. The summed E-state index contributed by atoms with van der Waals surface area (Å²) in [5.41, 5.74) is 3.35. The molecule has 0 saturated carbocycles. The van der Waals surface area contributed by atoms with Crippen LogP contribution in [0.3, 0.4) is 0 Å². The van der Waals surface area contributed by atoms with Crippen molar-refractivity contribution in [2.45, 2.75) is 0 Å². The van der Waals surface area contributed by atoms with Crippen LogP contribution in [-0.2, 0) is 0 Å². The molecule has 0 aliphatic rings. The van der Waals surface area contributed by atoms with Gasteiger partial charge in [0.2, 0.25) is 0 Å². The van der Waals surface area contributed by atoms with E-state index in [1.54, 1.807) is 30.3 Å². The maximum absolute atomic E-state index is 11.2. The third-order valence-corrected chi connectivity index (χ3v) is 2.26. The number of furan rings is 1. The molecule has 0 radical (unpaired) electrons. The van der Waals surface area contributed by atoms with Gasteiger partial charge in [-0.15, -0.1) is 0 Å². The zero-order chi connectivity index (χ0) is 12.3. The topological polar surface area (TPSA) is 92.0 Å². The number of nitrogens with zero attached hydrogens (tertiary/aromatic N) is 1. The number of hydrazine groups is 1. The molecule has 0 aliphatic heterocycles. The Morgan fingerprint density at radius 3 is 2.53 bits per heavy atom. The lowest BCUT2D eigenvalue weighted by molar-refractivity contribution is 0.0927. The van der Waals surface area contributed by atoms with Crippen molar-refractivity contribution in [3.8, 4) is 17.4 Å². The molecule has 0 bridgehead atoms. The number of nitrogens with two attached hydrogens (primary N) is 1. The van der Waals surface area contributed by atoms with E-state index in [1.165, 1.54) is 6.07 Å². The first-order valence-electron chi connectivity index (χ1n) is 4.86. The lowest BCUT2D eigenvalue weighted by Gasteiger charge is -1.97. The number of benzene rings is 1. The van der Waals surface area contributed by atoms with Crippen molar-refractivity contribution in [3.05, 3.63) is 47.7 Å². The fourth-order valence-electron chi connectivity index (χ4n) is 1.40. The number of hydrogen-bond donors (Lipinski definition) is 2. The Morgan fingerprint density at radius 2 is 1.94 bits per heavy atom. The molecule has 0 fully saturated rings. The summed E-state index contributed by atoms with van der Waals surface area (Å²) in [5.74, 6) is 5.21. The van der Waals surface area contributed by atoms with Crippen molar-refractivity contribution in [1.82, 2.24) is 5.43 Å². The number of hydrogen-bond acceptors (Lipinski definition) is 4. The molecule has 5 nitrogen and oxygen atoms in total. The van der Waals surface area contributed by atoms with Gasteiger partial charge >= 0.3 is 5.91 Å². The highest BCUT2D eigenvalue weighted by molar-refractivity contribution is 5.91. The molecule has 1 aromatic heterocycles. The van der Waals surface area contributed by atoms with Crippen LogP contribution in [0.15, 0.2) is 40.8 Å². The number of rotatable bonds is 2. The third kappa shape index (κ3) is 2.17. The quantitative estimate of drug-likeness (QED) is 0.461. The van der Waals surface area contributed by atoms with Crippen molar-refractivity contribution in [3.63, 3.8) is 0 Å². The van der Waals surface area contributed by atoms with E-state index in [-0.39, 0.29) is 5.76 Å². The highest BCUT2D eigenvalue weighted by Crippen LogP contribution is 2.22. The van der Waals surface area contributed by atoms with Crippen LogP contribution in [-0.4, -0.2) is 5.91 Å². The summed E-state index contributed by atoms with van der Waals surface area (Å²) in [7, 11) is 0. The molecule has 1 heterocycles. The third-order valence-electron chi connectivity index (χ3n) is 2.26. The Kier molecular flexibility index (Phi) is 2.90. The molecule has 1 amide bonds. The molecule has 2 rings (SSSR count). The molecule has 0 unspecified atom stereocenters. The summed E-state index contributed by atoms with van der Waals surface area (Å²) in [6.07, 6.45) is 0. The number of carbonyl (C=O) groups is 1. The number of carbonyl (C=O) groups excluding carboxylic acids is 1.